The van der Waals surface area contributed by atoms with Gasteiger partial charge in [-0.2, -0.15) is 0 Å². The highest BCUT2D eigenvalue weighted by atomic mass is 32.2. The Balaban J connectivity index is 1.61. The highest BCUT2D eigenvalue weighted by molar-refractivity contribution is 7.99. The second-order valence-corrected chi connectivity index (χ2v) is 6.28. The van der Waals surface area contributed by atoms with Crippen LogP contribution < -0.4 is 5.32 Å². The lowest BCUT2D eigenvalue weighted by atomic mass is 10.1. The molecule has 1 aliphatic carbocycles. The van der Waals surface area contributed by atoms with Gasteiger partial charge in [0, 0.05) is 29.5 Å². The van der Waals surface area contributed by atoms with E-state index in [1.165, 1.54) is 23.9 Å². The van der Waals surface area contributed by atoms with Gasteiger partial charge in [0.05, 0.1) is 6.10 Å². The minimum absolute atomic E-state index is 0.0127. The lowest BCUT2D eigenvalue weighted by molar-refractivity contribution is -0.120. The zero-order chi connectivity index (χ0) is 14.4. The monoisotopic (exact) mass is 297 g/mol. The van der Waals surface area contributed by atoms with E-state index in [-0.39, 0.29) is 23.7 Å². The summed E-state index contributed by atoms with van der Waals surface area (Å²) in [5.41, 5.74) is 0. The van der Waals surface area contributed by atoms with Crippen LogP contribution in [0.4, 0.5) is 4.39 Å². The van der Waals surface area contributed by atoms with E-state index >= 15 is 0 Å². The molecular weight excluding hydrogens is 277 g/mol. The quantitative estimate of drug-likeness (QED) is 0.794. The summed E-state index contributed by atoms with van der Waals surface area (Å²) in [6.07, 6.45) is 3.06. The van der Waals surface area contributed by atoms with Gasteiger partial charge in [-0.25, -0.2) is 4.39 Å². The van der Waals surface area contributed by atoms with E-state index in [0.717, 1.165) is 24.2 Å². The predicted octanol–water partition coefficient (Wildman–Crippen LogP) is 2.59. The van der Waals surface area contributed by atoms with Crippen molar-refractivity contribution < 1.29 is 14.3 Å². The van der Waals surface area contributed by atoms with Crippen molar-refractivity contribution in [1.29, 1.82) is 0 Å². The Hall–Kier alpha value is -1.07. The predicted molar refractivity (Wildman–Crippen MR) is 78.1 cm³/mol. The summed E-state index contributed by atoms with van der Waals surface area (Å²) in [7, 11) is 0. The third-order valence-corrected chi connectivity index (χ3v) is 4.61. The van der Waals surface area contributed by atoms with Gasteiger partial charge in [-0.1, -0.05) is 6.42 Å². The van der Waals surface area contributed by atoms with Gasteiger partial charge in [0.1, 0.15) is 5.82 Å². The zero-order valence-corrected chi connectivity index (χ0v) is 12.2. The van der Waals surface area contributed by atoms with E-state index in [0.29, 0.717) is 18.7 Å². The summed E-state index contributed by atoms with van der Waals surface area (Å²) in [5.74, 6) is 0.648. The van der Waals surface area contributed by atoms with E-state index in [1.54, 1.807) is 12.1 Å². The van der Waals surface area contributed by atoms with Gasteiger partial charge in [0.15, 0.2) is 0 Å². The molecule has 1 aromatic rings. The number of nitrogens with one attached hydrogen (secondary N) is 1. The number of benzene rings is 1. The average molecular weight is 297 g/mol. The van der Waals surface area contributed by atoms with Crippen LogP contribution in [0.3, 0.4) is 0 Å². The van der Waals surface area contributed by atoms with Crippen molar-refractivity contribution in [3.63, 3.8) is 0 Å². The Bertz CT molecular complexity index is 438. The van der Waals surface area contributed by atoms with Crippen LogP contribution in [-0.2, 0) is 4.79 Å². The molecule has 0 saturated heterocycles. The van der Waals surface area contributed by atoms with Crippen molar-refractivity contribution in [3.05, 3.63) is 30.1 Å². The normalized spacial score (nSPS) is 21.9. The molecule has 3 nitrogen and oxygen atoms in total. The number of aliphatic hydroxyl groups is 1. The van der Waals surface area contributed by atoms with Crippen LogP contribution in [0, 0.1) is 11.7 Å². The van der Waals surface area contributed by atoms with Crippen LogP contribution in [0.25, 0.3) is 0 Å². The first-order valence-corrected chi connectivity index (χ1v) is 7.97. The molecule has 1 aromatic carbocycles. The van der Waals surface area contributed by atoms with Gasteiger partial charge >= 0.3 is 0 Å². The van der Waals surface area contributed by atoms with Gasteiger partial charge in [0.25, 0.3) is 0 Å². The molecule has 1 saturated carbocycles. The minimum Gasteiger partial charge on any atom is -0.393 e. The highest BCUT2D eigenvalue weighted by Gasteiger charge is 2.25. The van der Waals surface area contributed by atoms with Crippen LogP contribution >= 0.6 is 11.8 Å². The number of rotatable bonds is 6. The number of halogens is 1. The number of amides is 1. The number of hydrogen-bond acceptors (Lipinski definition) is 3. The van der Waals surface area contributed by atoms with Crippen LogP contribution in [0.15, 0.2) is 29.2 Å². The molecule has 2 atom stereocenters. The molecule has 1 amide bonds. The molecule has 2 N–H and O–H groups in total. The Morgan fingerprint density at radius 2 is 2.10 bits per heavy atom. The maximum Gasteiger partial charge on any atom is 0.220 e. The molecule has 0 aromatic heterocycles. The molecule has 1 fully saturated rings. The fourth-order valence-electron chi connectivity index (χ4n) is 2.38. The molecule has 0 radical (unpaired) electrons. The molecular formula is C15H20FNO2S. The van der Waals surface area contributed by atoms with Crippen LogP contribution in [0.2, 0.25) is 0 Å². The van der Waals surface area contributed by atoms with Gasteiger partial charge in [-0.3, -0.25) is 4.79 Å². The van der Waals surface area contributed by atoms with Crippen molar-refractivity contribution >= 4 is 17.7 Å². The summed E-state index contributed by atoms with van der Waals surface area (Å²) in [6.45, 7) is 0.571. The second kappa shape index (κ2) is 7.64. The molecule has 5 heteroatoms. The topological polar surface area (TPSA) is 49.3 Å². The Kier molecular flexibility index (Phi) is 5.86. The Morgan fingerprint density at radius 3 is 2.75 bits per heavy atom. The molecule has 0 aliphatic heterocycles. The van der Waals surface area contributed by atoms with Crippen molar-refractivity contribution in [2.45, 2.75) is 36.7 Å². The number of carbonyl (C=O) groups is 1. The summed E-state index contributed by atoms with van der Waals surface area (Å²) in [4.78, 5) is 12.6. The summed E-state index contributed by atoms with van der Waals surface area (Å²) >= 11 is 1.54. The Labute approximate surface area is 123 Å². The lowest BCUT2D eigenvalue weighted by Gasteiger charge is -2.14. The second-order valence-electron chi connectivity index (χ2n) is 5.11. The molecule has 0 spiro atoms. The van der Waals surface area contributed by atoms with E-state index < -0.39 is 0 Å². The SMILES string of the molecule is O=C(CCSc1ccc(F)cc1)NCC1CCCC1O. The van der Waals surface area contributed by atoms with Crippen LogP contribution in [-0.4, -0.2) is 29.4 Å². The fourth-order valence-corrected chi connectivity index (χ4v) is 3.23. The average Bonchev–Trinajstić information content (AvgIpc) is 2.84. The molecule has 110 valence electrons. The van der Waals surface area contributed by atoms with E-state index in [1.807, 2.05) is 0 Å². The number of hydrogen-bond donors (Lipinski definition) is 2. The summed E-state index contributed by atoms with van der Waals surface area (Å²) in [6, 6.07) is 6.27. The standard InChI is InChI=1S/C15H20FNO2S/c16-12-4-6-13(7-5-12)20-9-8-15(19)17-10-11-2-1-3-14(11)18/h4-7,11,14,18H,1-3,8-10H2,(H,17,19). The lowest BCUT2D eigenvalue weighted by Crippen LogP contribution is -2.32. The molecule has 1 aliphatic rings. The van der Waals surface area contributed by atoms with Gasteiger partial charge in [-0.05, 0) is 37.1 Å². The van der Waals surface area contributed by atoms with E-state index in [9.17, 15) is 14.3 Å². The molecule has 0 heterocycles. The van der Waals surface area contributed by atoms with Gasteiger partial charge in [-0.15, -0.1) is 11.8 Å². The molecule has 20 heavy (non-hydrogen) atoms. The molecule has 0 bridgehead atoms. The smallest absolute Gasteiger partial charge is 0.220 e. The van der Waals surface area contributed by atoms with E-state index in [2.05, 4.69) is 5.32 Å². The number of thioether (sulfide) groups is 1. The first kappa shape index (κ1) is 15.3. The maximum atomic E-state index is 12.7. The zero-order valence-electron chi connectivity index (χ0n) is 11.3. The number of carbonyl (C=O) groups excluding carboxylic acids is 1. The van der Waals surface area contributed by atoms with Crippen LogP contribution in [0.1, 0.15) is 25.7 Å². The largest absolute Gasteiger partial charge is 0.393 e. The summed E-state index contributed by atoms with van der Waals surface area (Å²) < 4.78 is 12.7. The van der Waals surface area contributed by atoms with Gasteiger partial charge in [0.2, 0.25) is 5.91 Å². The van der Waals surface area contributed by atoms with Crippen molar-refractivity contribution in [3.8, 4) is 0 Å². The third kappa shape index (κ3) is 4.80. The highest BCUT2D eigenvalue weighted by Crippen LogP contribution is 2.24. The fraction of sp³-hybridized carbons (Fsp3) is 0.533. The Morgan fingerprint density at radius 1 is 1.35 bits per heavy atom. The summed E-state index contributed by atoms with van der Waals surface area (Å²) in [5, 5.41) is 12.5. The van der Waals surface area contributed by atoms with Crippen molar-refractivity contribution in [2.75, 3.05) is 12.3 Å². The van der Waals surface area contributed by atoms with Crippen molar-refractivity contribution in [1.82, 2.24) is 5.32 Å². The molecule has 2 unspecified atom stereocenters. The van der Waals surface area contributed by atoms with Crippen molar-refractivity contribution in [2.24, 2.45) is 5.92 Å². The van der Waals surface area contributed by atoms with E-state index in [4.69, 9.17) is 0 Å². The maximum absolute atomic E-state index is 12.7. The van der Waals surface area contributed by atoms with Gasteiger partial charge < -0.3 is 10.4 Å². The minimum atomic E-state index is -0.260. The molecule has 2 rings (SSSR count). The first-order valence-electron chi connectivity index (χ1n) is 6.98. The third-order valence-electron chi connectivity index (χ3n) is 3.59. The first-order chi connectivity index (χ1) is 9.65. The van der Waals surface area contributed by atoms with Crippen LogP contribution in [0.5, 0.6) is 0 Å². The number of aliphatic hydroxyl groups excluding tert-OH is 1.